The largest absolute Gasteiger partial charge is 0.355 e. The third-order valence-electron chi connectivity index (χ3n) is 6.26. The van der Waals surface area contributed by atoms with Gasteiger partial charge in [-0.15, -0.1) is 0 Å². The Morgan fingerprint density at radius 1 is 0.929 bits per heavy atom. The molecule has 0 N–H and O–H groups in total. The standard InChI is InChI=1S/C21H34N6S/c1-19-5-2-7-25(19)8-4-10-27-12-11-26(21(27)20(17-22)18-23)9-3-6-24-13-15-28-16-14-24/h19H,2-16H2,1H3/t19-/m0/s1. The Kier molecular flexibility index (Phi) is 8.33. The average Bonchev–Trinajstić information content (AvgIpc) is 3.31. The summed E-state index contributed by atoms with van der Waals surface area (Å²) in [6, 6.07) is 4.99. The molecule has 154 valence electrons. The summed E-state index contributed by atoms with van der Waals surface area (Å²) < 4.78 is 0. The predicted molar refractivity (Wildman–Crippen MR) is 115 cm³/mol. The Morgan fingerprint density at radius 3 is 2.14 bits per heavy atom. The number of hydrogen-bond donors (Lipinski definition) is 0. The molecule has 0 aliphatic carbocycles. The van der Waals surface area contributed by atoms with Crippen LogP contribution >= 0.6 is 11.8 Å². The van der Waals surface area contributed by atoms with Gasteiger partial charge in [-0.05, 0) is 45.7 Å². The van der Waals surface area contributed by atoms with Gasteiger partial charge in [0.15, 0.2) is 5.57 Å². The number of rotatable bonds is 8. The van der Waals surface area contributed by atoms with Crippen LogP contribution in [0, 0.1) is 22.7 Å². The number of nitriles is 2. The molecule has 28 heavy (non-hydrogen) atoms. The van der Waals surface area contributed by atoms with Gasteiger partial charge in [0.2, 0.25) is 0 Å². The van der Waals surface area contributed by atoms with E-state index in [0.29, 0.717) is 6.04 Å². The van der Waals surface area contributed by atoms with Crippen LogP contribution in [0.2, 0.25) is 0 Å². The van der Waals surface area contributed by atoms with E-state index in [1.54, 1.807) is 0 Å². The van der Waals surface area contributed by atoms with E-state index < -0.39 is 0 Å². The van der Waals surface area contributed by atoms with E-state index in [0.717, 1.165) is 57.9 Å². The van der Waals surface area contributed by atoms with Crippen LogP contribution in [-0.4, -0.2) is 96.0 Å². The second kappa shape index (κ2) is 11.0. The van der Waals surface area contributed by atoms with Crippen molar-refractivity contribution in [2.45, 2.75) is 38.6 Å². The van der Waals surface area contributed by atoms with E-state index in [1.165, 1.54) is 44.0 Å². The van der Waals surface area contributed by atoms with Crippen molar-refractivity contribution in [1.82, 2.24) is 19.6 Å². The van der Waals surface area contributed by atoms with Crippen molar-refractivity contribution < 1.29 is 0 Å². The van der Waals surface area contributed by atoms with Crippen molar-refractivity contribution in [3.8, 4) is 12.1 Å². The molecule has 3 heterocycles. The van der Waals surface area contributed by atoms with Gasteiger partial charge >= 0.3 is 0 Å². The zero-order valence-corrected chi connectivity index (χ0v) is 18.1. The molecule has 0 amide bonds. The second-order valence-electron chi connectivity index (χ2n) is 8.08. The minimum atomic E-state index is 0.279. The van der Waals surface area contributed by atoms with Crippen LogP contribution in [0.4, 0.5) is 0 Å². The first kappa shape index (κ1) is 21.3. The first-order valence-corrected chi connectivity index (χ1v) is 12.0. The highest BCUT2D eigenvalue weighted by Crippen LogP contribution is 2.23. The first-order valence-electron chi connectivity index (χ1n) is 10.8. The number of likely N-dealkylation sites (tertiary alicyclic amines) is 1. The zero-order chi connectivity index (χ0) is 19.8. The van der Waals surface area contributed by atoms with Gasteiger partial charge in [0.05, 0.1) is 0 Å². The van der Waals surface area contributed by atoms with Gasteiger partial charge in [-0.1, -0.05) is 0 Å². The fourth-order valence-electron chi connectivity index (χ4n) is 4.63. The third-order valence-corrected chi connectivity index (χ3v) is 7.20. The summed E-state index contributed by atoms with van der Waals surface area (Å²) in [6.45, 7) is 11.9. The van der Waals surface area contributed by atoms with E-state index in [1.807, 2.05) is 11.8 Å². The highest BCUT2D eigenvalue weighted by atomic mass is 32.2. The monoisotopic (exact) mass is 402 g/mol. The predicted octanol–water partition coefficient (Wildman–Crippen LogP) is 2.18. The van der Waals surface area contributed by atoms with Gasteiger partial charge in [-0.25, -0.2) is 0 Å². The van der Waals surface area contributed by atoms with Crippen LogP contribution in [-0.2, 0) is 0 Å². The molecule has 0 radical (unpaired) electrons. The van der Waals surface area contributed by atoms with Crippen molar-refractivity contribution in [3.05, 3.63) is 11.4 Å². The topological polar surface area (TPSA) is 60.5 Å². The smallest absolute Gasteiger partial charge is 0.169 e. The maximum Gasteiger partial charge on any atom is 0.169 e. The second-order valence-corrected chi connectivity index (χ2v) is 9.31. The van der Waals surface area contributed by atoms with Gasteiger partial charge in [-0.3, -0.25) is 0 Å². The molecule has 0 aromatic carbocycles. The maximum absolute atomic E-state index is 9.48. The number of allylic oxidation sites excluding steroid dienone is 1. The van der Waals surface area contributed by atoms with Crippen LogP contribution < -0.4 is 0 Å². The molecule has 1 atom stereocenters. The Hall–Kier alpha value is -1.41. The average molecular weight is 403 g/mol. The molecule has 3 aliphatic heterocycles. The molecular weight excluding hydrogens is 368 g/mol. The molecule has 6 nitrogen and oxygen atoms in total. The number of thioether (sulfide) groups is 1. The number of hydrogen-bond acceptors (Lipinski definition) is 7. The molecule has 0 aromatic rings. The quantitative estimate of drug-likeness (QED) is 0.577. The Morgan fingerprint density at radius 2 is 1.57 bits per heavy atom. The van der Waals surface area contributed by atoms with Gasteiger partial charge in [0.25, 0.3) is 0 Å². The molecule has 3 rings (SSSR count). The summed E-state index contributed by atoms with van der Waals surface area (Å²) in [5.74, 6) is 3.37. The number of nitrogens with zero attached hydrogens (tertiary/aromatic N) is 6. The lowest BCUT2D eigenvalue weighted by molar-refractivity contribution is 0.243. The van der Waals surface area contributed by atoms with Crippen molar-refractivity contribution >= 4 is 11.8 Å². The van der Waals surface area contributed by atoms with Crippen molar-refractivity contribution in [2.24, 2.45) is 0 Å². The SMILES string of the molecule is C[C@H]1CCCN1CCCN1CCN(CCCN2CCSCC2)C1=C(C#N)C#N. The fraction of sp³-hybridized carbons (Fsp3) is 0.810. The van der Waals surface area contributed by atoms with Gasteiger partial charge in [0.1, 0.15) is 18.0 Å². The van der Waals surface area contributed by atoms with E-state index in [9.17, 15) is 10.5 Å². The summed E-state index contributed by atoms with van der Waals surface area (Å²) in [4.78, 5) is 9.67. The summed E-state index contributed by atoms with van der Waals surface area (Å²) in [5.41, 5.74) is 0.279. The van der Waals surface area contributed by atoms with E-state index in [2.05, 4.69) is 38.7 Å². The first-order chi connectivity index (χ1) is 13.7. The molecule has 3 saturated heterocycles. The lowest BCUT2D eigenvalue weighted by atomic mass is 10.2. The molecule has 0 saturated carbocycles. The van der Waals surface area contributed by atoms with E-state index in [4.69, 9.17) is 0 Å². The molecule has 3 aliphatic rings. The minimum absolute atomic E-state index is 0.279. The van der Waals surface area contributed by atoms with Crippen LogP contribution in [0.1, 0.15) is 32.6 Å². The fourth-order valence-corrected chi connectivity index (χ4v) is 5.61. The molecule has 3 fully saturated rings. The summed E-state index contributed by atoms with van der Waals surface area (Å²) >= 11 is 2.04. The Labute approximate surface area is 174 Å². The van der Waals surface area contributed by atoms with E-state index >= 15 is 0 Å². The van der Waals surface area contributed by atoms with Crippen molar-refractivity contribution in [1.29, 1.82) is 10.5 Å². The van der Waals surface area contributed by atoms with Gasteiger partial charge in [0, 0.05) is 63.4 Å². The molecule has 0 spiro atoms. The molecule has 0 bridgehead atoms. The zero-order valence-electron chi connectivity index (χ0n) is 17.3. The van der Waals surface area contributed by atoms with E-state index in [-0.39, 0.29) is 5.57 Å². The summed E-state index contributed by atoms with van der Waals surface area (Å²) in [6.07, 6.45) is 4.81. The van der Waals surface area contributed by atoms with Crippen LogP contribution in [0.25, 0.3) is 0 Å². The van der Waals surface area contributed by atoms with Crippen molar-refractivity contribution in [2.75, 3.05) is 70.4 Å². The Balaban J connectivity index is 1.51. The van der Waals surface area contributed by atoms with Gasteiger partial charge in [-0.2, -0.15) is 22.3 Å². The molecule has 0 unspecified atom stereocenters. The molecule has 7 heteroatoms. The lowest BCUT2D eigenvalue weighted by Crippen LogP contribution is -2.35. The maximum atomic E-state index is 9.48. The lowest BCUT2D eigenvalue weighted by Gasteiger charge is -2.29. The third kappa shape index (κ3) is 5.56. The Bertz CT molecular complexity index is 599. The van der Waals surface area contributed by atoms with Crippen molar-refractivity contribution in [3.63, 3.8) is 0 Å². The highest BCUT2D eigenvalue weighted by molar-refractivity contribution is 7.99. The minimum Gasteiger partial charge on any atom is -0.355 e. The highest BCUT2D eigenvalue weighted by Gasteiger charge is 2.28. The molecule has 0 aromatic heterocycles. The summed E-state index contributed by atoms with van der Waals surface area (Å²) in [5, 5.41) is 19.0. The van der Waals surface area contributed by atoms with Gasteiger partial charge < -0.3 is 19.6 Å². The normalized spacial score (nSPS) is 23.8. The van der Waals surface area contributed by atoms with Crippen LogP contribution in [0.15, 0.2) is 11.4 Å². The van der Waals surface area contributed by atoms with Crippen LogP contribution in [0.3, 0.4) is 0 Å². The summed E-state index contributed by atoms with van der Waals surface area (Å²) in [7, 11) is 0. The molecular formula is C21H34N6S. The van der Waals surface area contributed by atoms with Crippen LogP contribution in [0.5, 0.6) is 0 Å².